The molecular formula is C12H19NO3. The molecular weight excluding hydrogens is 206 g/mol. The van der Waals surface area contributed by atoms with Gasteiger partial charge in [-0.25, -0.2) is 0 Å². The number of nitrogens with zero attached hydrogens (tertiary/aromatic N) is 1. The van der Waals surface area contributed by atoms with Crippen molar-refractivity contribution in [1.29, 1.82) is 0 Å². The van der Waals surface area contributed by atoms with E-state index >= 15 is 0 Å². The molecule has 3 rings (SSSR count). The standard InChI is InChI=1S/C12H19NO3/c1-15-12(16-2)6-8-3-4-13-10(14)5-9(7-12)11(8)13/h8-9,11H,3-7H2,1-2H3/t8-,9+,11-/m0/s1. The maximum atomic E-state index is 11.8. The zero-order chi connectivity index (χ0) is 11.3. The van der Waals surface area contributed by atoms with Crippen LogP contribution in [0.3, 0.4) is 0 Å². The van der Waals surface area contributed by atoms with E-state index in [9.17, 15) is 4.79 Å². The van der Waals surface area contributed by atoms with Gasteiger partial charge in [0.05, 0.1) is 0 Å². The highest BCUT2D eigenvalue weighted by molar-refractivity contribution is 5.80. The van der Waals surface area contributed by atoms with Crippen LogP contribution in [0.4, 0.5) is 0 Å². The number of carbonyl (C=O) groups is 1. The Morgan fingerprint density at radius 1 is 1.25 bits per heavy atom. The van der Waals surface area contributed by atoms with Crippen LogP contribution in [0.2, 0.25) is 0 Å². The first-order valence-electron chi connectivity index (χ1n) is 6.09. The summed E-state index contributed by atoms with van der Waals surface area (Å²) in [4.78, 5) is 13.9. The lowest BCUT2D eigenvalue weighted by Gasteiger charge is -2.43. The Morgan fingerprint density at radius 3 is 2.62 bits per heavy atom. The van der Waals surface area contributed by atoms with Gasteiger partial charge in [0.25, 0.3) is 0 Å². The van der Waals surface area contributed by atoms with E-state index in [0.29, 0.717) is 30.2 Å². The minimum Gasteiger partial charge on any atom is -0.353 e. The fraction of sp³-hybridized carbons (Fsp3) is 0.917. The lowest BCUT2D eigenvalue weighted by Crippen LogP contribution is -2.48. The van der Waals surface area contributed by atoms with E-state index < -0.39 is 5.79 Å². The minimum absolute atomic E-state index is 0.334. The van der Waals surface area contributed by atoms with Gasteiger partial charge in [0.1, 0.15) is 0 Å². The van der Waals surface area contributed by atoms with Gasteiger partial charge in [-0.15, -0.1) is 0 Å². The highest BCUT2D eigenvalue weighted by Crippen LogP contribution is 2.50. The molecule has 2 aliphatic heterocycles. The molecule has 0 radical (unpaired) electrons. The third-order valence-electron chi connectivity index (χ3n) is 4.71. The summed E-state index contributed by atoms with van der Waals surface area (Å²) < 4.78 is 11.1. The summed E-state index contributed by atoms with van der Waals surface area (Å²) in [5.41, 5.74) is 0. The van der Waals surface area contributed by atoms with Crippen molar-refractivity contribution in [3.8, 4) is 0 Å². The van der Waals surface area contributed by atoms with E-state index in [4.69, 9.17) is 9.47 Å². The van der Waals surface area contributed by atoms with Crippen LogP contribution in [-0.4, -0.2) is 43.4 Å². The van der Waals surface area contributed by atoms with Gasteiger partial charge in [-0.2, -0.15) is 0 Å². The number of rotatable bonds is 2. The van der Waals surface area contributed by atoms with Crippen LogP contribution in [0.1, 0.15) is 25.7 Å². The molecule has 0 aromatic heterocycles. The zero-order valence-electron chi connectivity index (χ0n) is 9.94. The summed E-state index contributed by atoms with van der Waals surface area (Å²) in [6.45, 7) is 0.939. The average molecular weight is 225 g/mol. The monoisotopic (exact) mass is 225 g/mol. The van der Waals surface area contributed by atoms with E-state index in [1.54, 1.807) is 14.2 Å². The minimum atomic E-state index is -0.438. The topological polar surface area (TPSA) is 38.8 Å². The Morgan fingerprint density at radius 2 is 1.94 bits per heavy atom. The van der Waals surface area contributed by atoms with Crippen LogP contribution in [0.15, 0.2) is 0 Å². The summed E-state index contributed by atoms with van der Waals surface area (Å²) >= 11 is 0. The number of carbonyl (C=O) groups excluding carboxylic acids is 1. The van der Waals surface area contributed by atoms with Gasteiger partial charge in [-0.1, -0.05) is 0 Å². The van der Waals surface area contributed by atoms with Crippen molar-refractivity contribution < 1.29 is 14.3 Å². The third kappa shape index (κ3) is 1.26. The molecule has 90 valence electrons. The quantitative estimate of drug-likeness (QED) is 0.658. The van der Waals surface area contributed by atoms with Crippen molar-refractivity contribution >= 4 is 5.91 Å². The van der Waals surface area contributed by atoms with Gasteiger partial charge in [0.2, 0.25) is 5.91 Å². The fourth-order valence-electron chi connectivity index (χ4n) is 3.99. The van der Waals surface area contributed by atoms with Gasteiger partial charge >= 0.3 is 0 Å². The molecule has 4 nitrogen and oxygen atoms in total. The zero-order valence-corrected chi connectivity index (χ0v) is 9.94. The Bertz CT molecular complexity index is 313. The summed E-state index contributed by atoms with van der Waals surface area (Å²) in [7, 11) is 3.43. The Kier molecular flexibility index (Phi) is 2.27. The van der Waals surface area contributed by atoms with Crippen LogP contribution >= 0.6 is 0 Å². The van der Waals surface area contributed by atoms with Crippen LogP contribution in [-0.2, 0) is 14.3 Å². The number of hydrogen-bond acceptors (Lipinski definition) is 3. The van der Waals surface area contributed by atoms with E-state index in [1.165, 1.54) is 0 Å². The summed E-state index contributed by atoms with van der Waals surface area (Å²) in [6.07, 6.45) is 3.60. The lowest BCUT2D eigenvalue weighted by atomic mass is 9.74. The SMILES string of the molecule is COC1(OC)C[C@H]2CC(=O)N3CC[C@@H](C1)[C@@H]23. The Balaban J connectivity index is 1.88. The van der Waals surface area contributed by atoms with Crippen LogP contribution in [0.5, 0.6) is 0 Å². The van der Waals surface area contributed by atoms with Crippen molar-refractivity contribution in [2.45, 2.75) is 37.5 Å². The second-order valence-electron chi connectivity index (χ2n) is 5.32. The number of hydrogen-bond donors (Lipinski definition) is 0. The number of amides is 1. The molecule has 3 atom stereocenters. The van der Waals surface area contributed by atoms with Crippen molar-refractivity contribution in [1.82, 2.24) is 4.90 Å². The molecule has 1 amide bonds. The molecule has 0 unspecified atom stereocenters. The predicted molar refractivity (Wildman–Crippen MR) is 57.7 cm³/mol. The van der Waals surface area contributed by atoms with Crippen LogP contribution in [0.25, 0.3) is 0 Å². The highest BCUT2D eigenvalue weighted by Gasteiger charge is 2.56. The molecule has 4 heteroatoms. The first-order chi connectivity index (χ1) is 7.69. The number of methoxy groups -OCH3 is 2. The molecule has 1 saturated carbocycles. The van der Waals surface area contributed by atoms with E-state index in [-0.39, 0.29) is 0 Å². The molecule has 3 fully saturated rings. The van der Waals surface area contributed by atoms with E-state index in [0.717, 1.165) is 25.8 Å². The number of ether oxygens (including phenoxy) is 2. The summed E-state index contributed by atoms with van der Waals surface area (Å²) in [6, 6.07) is 0.478. The van der Waals surface area contributed by atoms with Crippen LogP contribution < -0.4 is 0 Å². The van der Waals surface area contributed by atoms with E-state index in [2.05, 4.69) is 4.90 Å². The Hall–Kier alpha value is -0.610. The molecule has 2 heterocycles. The maximum Gasteiger partial charge on any atom is 0.223 e. The van der Waals surface area contributed by atoms with Gasteiger partial charge in [-0.05, 0) is 18.3 Å². The van der Waals surface area contributed by atoms with Gasteiger partial charge in [0, 0.05) is 46.1 Å². The van der Waals surface area contributed by atoms with Gasteiger partial charge in [-0.3, -0.25) is 4.79 Å². The molecule has 0 bridgehead atoms. The van der Waals surface area contributed by atoms with Gasteiger partial charge in [0.15, 0.2) is 5.79 Å². The third-order valence-corrected chi connectivity index (χ3v) is 4.71. The first-order valence-corrected chi connectivity index (χ1v) is 6.09. The largest absolute Gasteiger partial charge is 0.353 e. The smallest absolute Gasteiger partial charge is 0.223 e. The molecule has 3 aliphatic rings. The van der Waals surface area contributed by atoms with Crippen molar-refractivity contribution in [2.24, 2.45) is 11.8 Å². The molecule has 0 spiro atoms. The van der Waals surface area contributed by atoms with Crippen LogP contribution in [0, 0.1) is 11.8 Å². The summed E-state index contributed by atoms with van der Waals surface area (Å²) in [5.74, 6) is 0.909. The maximum absolute atomic E-state index is 11.8. The molecule has 0 N–H and O–H groups in total. The molecule has 0 aromatic rings. The predicted octanol–water partition coefficient (Wildman–Crippen LogP) is 1.01. The molecule has 2 saturated heterocycles. The van der Waals surface area contributed by atoms with Crippen molar-refractivity contribution in [3.05, 3.63) is 0 Å². The molecule has 16 heavy (non-hydrogen) atoms. The second kappa shape index (κ2) is 3.44. The second-order valence-corrected chi connectivity index (χ2v) is 5.32. The lowest BCUT2D eigenvalue weighted by molar-refractivity contribution is -0.241. The van der Waals surface area contributed by atoms with E-state index in [1.807, 2.05) is 0 Å². The van der Waals surface area contributed by atoms with Crippen molar-refractivity contribution in [2.75, 3.05) is 20.8 Å². The van der Waals surface area contributed by atoms with Crippen molar-refractivity contribution in [3.63, 3.8) is 0 Å². The highest BCUT2D eigenvalue weighted by atomic mass is 16.7. The molecule has 1 aliphatic carbocycles. The first kappa shape index (κ1) is 10.5. The fourth-order valence-corrected chi connectivity index (χ4v) is 3.99. The normalized spacial score (nSPS) is 40.2. The molecule has 0 aromatic carbocycles. The average Bonchev–Trinajstić information content (AvgIpc) is 2.84. The Labute approximate surface area is 95.9 Å². The summed E-state index contributed by atoms with van der Waals surface area (Å²) in [5, 5.41) is 0. The van der Waals surface area contributed by atoms with Gasteiger partial charge < -0.3 is 14.4 Å².